The highest BCUT2D eigenvalue weighted by molar-refractivity contribution is 5.66. The first-order valence-electron chi connectivity index (χ1n) is 6.23. The summed E-state index contributed by atoms with van der Waals surface area (Å²) < 4.78 is 0. The normalized spacial score (nSPS) is 10.5. The van der Waals surface area contributed by atoms with Crippen molar-refractivity contribution in [1.29, 1.82) is 0 Å². The van der Waals surface area contributed by atoms with Crippen LogP contribution in [0, 0.1) is 0 Å². The molecule has 0 saturated heterocycles. The van der Waals surface area contributed by atoms with E-state index in [9.17, 15) is 0 Å². The van der Waals surface area contributed by atoms with Gasteiger partial charge >= 0.3 is 0 Å². The molecular weight excluding hydrogens is 210 g/mol. The fourth-order valence-corrected chi connectivity index (χ4v) is 1.75. The Kier molecular flexibility index (Phi) is 4.67. The quantitative estimate of drug-likeness (QED) is 0.863. The van der Waals surface area contributed by atoms with Crippen molar-refractivity contribution in [1.82, 2.24) is 9.97 Å². The molecule has 17 heavy (non-hydrogen) atoms. The molecule has 0 saturated carbocycles. The summed E-state index contributed by atoms with van der Waals surface area (Å²) in [5.41, 5.74) is 3.51. The van der Waals surface area contributed by atoms with E-state index in [0.717, 1.165) is 29.3 Å². The highest BCUT2D eigenvalue weighted by atomic mass is 15.0. The van der Waals surface area contributed by atoms with Crippen LogP contribution < -0.4 is 5.32 Å². The van der Waals surface area contributed by atoms with Gasteiger partial charge in [-0.05, 0) is 19.8 Å². The summed E-state index contributed by atoms with van der Waals surface area (Å²) in [6, 6.07) is 0. The minimum absolute atomic E-state index is 0.404. The lowest BCUT2D eigenvalue weighted by molar-refractivity contribution is 0.784. The zero-order chi connectivity index (χ0) is 13.0. The highest BCUT2D eigenvalue weighted by Crippen LogP contribution is 2.25. The molecule has 1 rings (SSSR count). The van der Waals surface area contributed by atoms with Crippen LogP contribution in [0.25, 0.3) is 6.08 Å². The predicted octanol–water partition coefficient (Wildman–Crippen LogP) is 3.63. The number of rotatable bonds is 4. The standard InChI is InChI=1S/C14H23N3/c1-7-12-16-13(10(4)5)11(8-9(2)3)14(15-6)17-12/h8,10H,7H2,1-6H3,(H,15,16,17). The summed E-state index contributed by atoms with van der Waals surface area (Å²) in [6.07, 6.45) is 3.02. The van der Waals surface area contributed by atoms with E-state index >= 15 is 0 Å². The first-order chi connectivity index (χ1) is 7.99. The number of aryl methyl sites for hydroxylation is 1. The lowest BCUT2D eigenvalue weighted by Crippen LogP contribution is -2.08. The Morgan fingerprint density at radius 1 is 1.29 bits per heavy atom. The van der Waals surface area contributed by atoms with Crippen molar-refractivity contribution in [3.8, 4) is 0 Å². The summed E-state index contributed by atoms with van der Waals surface area (Å²) in [4.78, 5) is 9.20. The molecule has 0 amide bonds. The average Bonchev–Trinajstić information content (AvgIpc) is 2.28. The zero-order valence-electron chi connectivity index (χ0n) is 11.8. The smallest absolute Gasteiger partial charge is 0.137 e. The Balaban J connectivity index is 3.46. The topological polar surface area (TPSA) is 37.8 Å². The lowest BCUT2D eigenvalue weighted by atomic mass is 10.0. The molecule has 0 radical (unpaired) electrons. The van der Waals surface area contributed by atoms with Crippen molar-refractivity contribution in [2.24, 2.45) is 0 Å². The van der Waals surface area contributed by atoms with Gasteiger partial charge in [-0.25, -0.2) is 9.97 Å². The second kappa shape index (κ2) is 5.80. The molecule has 0 spiro atoms. The maximum atomic E-state index is 4.66. The SMILES string of the molecule is CCc1nc(NC)c(C=C(C)C)c(C(C)C)n1. The number of nitrogens with zero attached hydrogens (tertiary/aromatic N) is 2. The van der Waals surface area contributed by atoms with Crippen LogP contribution in [0.2, 0.25) is 0 Å². The van der Waals surface area contributed by atoms with Gasteiger partial charge in [0.15, 0.2) is 0 Å². The van der Waals surface area contributed by atoms with E-state index in [1.54, 1.807) is 0 Å². The molecule has 3 nitrogen and oxygen atoms in total. The molecule has 94 valence electrons. The molecule has 1 aromatic rings. The van der Waals surface area contributed by atoms with Crippen LogP contribution in [-0.4, -0.2) is 17.0 Å². The third-order valence-corrected chi connectivity index (χ3v) is 2.55. The number of aromatic nitrogens is 2. The number of hydrogen-bond acceptors (Lipinski definition) is 3. The van der Waals surface area contributed by atoms with Gasteiger partial charge in [0.1, 0.15) is 11.6 Å². The monoisotopic (exact) mass is 233 g/mol. The lowest BCUT2D eigenvalue weighted by Gasteiger charge is -2.15. The number of allylic oxidation sites excluding steroid dienone is 1. The van der Waals surface area contributed by atoms with Gasteiger partial charge in [-0.2, -0.15) is 0 Å². The Morgan fingerprint density at radius 3 is 2.35 bits per heavy atom. The van der Waals surface area contributed by atoms with Gasteiger partial charge in [0.2, 0.25) is 0 Å². The van der Waals surface area contributed by atoms with Crippen LogP contribution in [0.4, 0.5) is 5.82 Å². The number of nitrogens with one attached hydrogen (secondary N) is 1. The maximum absolute atomic E-state index is 4.66. The van der Waals surface area contributed by atoms with Gasteiger partial charge in [-0.1, -0.05) is 32.4 Å². The molecule has 0 aromatic carbocycles. The van der Waals surface area contributed by atoms with Crippen molar-refractivity contribution >= 4 is 11.9 Å². The van der Waals surface area contributed by atoms with Crippen molar-refractivity contribution in [3.05, 3.63) is 22.7 Å². The Hall–Kier alpha value is -1.38. The van der Waals surface area contributed by atoms with Gasteiger partial charge in [0.25, 0.3) is 0 Å². The van der Waals surface area contributed by atoms with Crippen LogP contribution in [0.5, 0.6) is 0 Å². The summed E-state index contributed by atoms with van der Waals surface area (Å²) in [5, 5.41) is 3.18. The molecule has 0 aliphatic rings. The van der Waals surface area contributed by atoms with Crippen LogP contribution in [0.15, 0.2) is 5.57 Å². The van der Waals surface area contributed by atoms with Crippen LogP contribution in [0.3, 0.4) is 0 Å². The zero-order valence-corrected chi connectivity index (χ0v) is 11.8. The van der Waals surface area contributed by atoms with Crippen molar-refractivity contribution < 1.29 is 0 Å². The van der Waals surface area contributed by atoms with E-state index in [1.165, 1.54) is 5.57 Å². The minimum atomic E-state index is 0.404. The minimum Gasteiger partial charge on any atom is -0.373 e. The van der Waals surface area contributed by atoms with Crippen molar-refractivity contribution in [2.75, 3.05) is 12.4 Å². The van der Waals surface area contributed by atoms with Crippen molar-refractivity contribution in [3.63, 3.8) is 0 Å². The summed E-state index contributed by atoms with van der Waals surface area (Å²) in [7, 11) is 1.91. The Bertz CT molecular complexity index is 416. The van der Waals surface area contributed by atoms with Crippen LogP contribution >= 0.6 is 0 Å². The molecule has 1 aromatic heterocycles. The van der Waals surface area contributed by atoms with Gasteiger partial charge < -0.3 is 5.32 Å². The molecule has 0 aliphatic carbocycles. The molecule has 0 aliphatic heterocycles. The highest BCUT2D eigenvalue weighted by Gasteiger charge is 2.13. The molecule has 1 N–H and O–H groups in total. The third-order valence-electron chi connectivity index (χ3n) is 2.55. The van der Waals surface area contributed by atoms with Crippen LogP contribution in [0.1, 0.15) is 57.6 Å². The second-order valence-corrected chi connectivity index (χ2v) is 4.77. The fraction of sp³-hybridized carbons (Fsp3) is 0.571. The largest absolute Gasteiger partial charge is 0.373 e. The first-order valence-corrected chi connectivity index (χ1v) is 6.23. The maximum Gasteiger partial charge on any atom is 0.137 e. The molecule has 0 fully saturated rings. The van der Waals surface area contributed by atoms with Gasteiger partial charge in [0.05, 0.1) is 5.69 Å². The summed E-state index contributed by atoms with van der Waals surface area (Å²) >= 11 is 0. The fourth-order valence-electron chi connectivity index (χ4n) is 1.75. The van der Waals surface area contributed by atoms with E-state index in [4.69, 9.17) is 0 Å². The first kappa shape index (κ1) is 13.7. The summed E-state index contributed by atoms with van der Waals surface area (Å²) in [6.45, 7) is 10.6. The molecule has 0 atom stereocenters. The molecular formula is C14H23N3. The Morgan fingerprint density at radius 2 is 1.94 bits per heavy atom. The van der Waals surface area contributed by atoms with E-state index in [1.807, 2.05) is 7.05 Å². The van der Waals surface area contributed by atoms with E-state index < -0.39 is 0 Å². The predicted molar refractivity (Wildman–Crippen MR) is 74.4 cm³/mol. The second-order valence-electron chi connectivity index (χ2n) is 4.77. The molecule has 1 heterocycles. The average molecular weight is 233 g/mol. The molecule has 3 heteroatoms. The van der Waals surface area contributed by atoms with Gasteiger partial charge in [0, 0.05) is 19.0 Å². The number of anilines is 1. The van der Waals surface area contributed by atoms with Gasteiger partial charge in [-0.15, -0.1) is 0 Å². The summed E-state index contributed by atoms with van der Waals surface area (Å²) in [5.74, 6) is 2.24. The third kappa shape index (κ3) is 3.29. The van der Waals surface area contributed by atoms with Gasteiger partial charge in [-0.3, -0.25) is 0 Å². The Labute approximate surface area is 104 Å². The van der Waals surface area contributed by atoms with Crippen LogP contribution in [-0.2, 0) is 6.42 Å². The van der Waals surface area contributed by atoms with E-state index in [0.29, 0.717) is 5.92 Å². The molecule has 0 unspecified atom stereocenters. The van der Waals surface area contributed by atoms with E-state index in [2.05, 4.69) is 56.0 Å². The molecule has 0 bridgehead atoms. The van der Waals surface area contributed by atoms with E-state index in [-0.39, 0.29) is 0 Å². The van der Waals surface area contributed by atoms with Crippen molar-refractivity contribution in [2.45, 2.75) is 47.0 Å². The number of hydrogen-bond donors (Lipinski definition) is 1.